The number of nitrogens with one attached hydrogen (secondary N) is 1. The van der Waals surface area contributed by atoms with Gasteiger partial charge in [-0.25, -0.2) is 9.48 Å². The normalized spacial score (nSPS) is 25.6. The van der Waals surface area contributed by atoms with Crippen LogP contribution in [0.15, 0.2) is 41.7 Å². The van der Waals surface area contributed by atoms with Crippen molar-refractivity contribution in [3.63, 3.8) is 0 Å². The van der Waals surface area contributed by atoms with Crippen molar-refractivity contribution in [2.75, 3.05) is 19.0 Å². The molecule has 2 unspecified atom stereocenters. The van der Waals surface area contributed by atoms with Gasteiger partial charge in [-0.2, -0.15) is 14.4 Å². The average molecular weight is 450 g/mol. The Bertz CT molecular complexity index is 1060. The number of anilines is 1. The molecule has 1 N–H and O–H groups in total. The van der Waals surface area contributed by atoms with Crippen molar-refractivity contribution >= 4 is 41.0 Å². The number of aromatic nitrogens is 2. The Kier molecular flexibility index (Phi) is 5.38. The molecule has 2 aliphatic rings. The number of imide groups is 1. The Morgan fingerprint density at radius 2 is 2.03 bits per heavy atom. The number of carbonyl (C=O) groups is 2. The molecule has 0 bridgehead atoms. The van der Waals surface area contributed by atoms with Crippen LogP contribution in [-0.2, 0) is 9.53 Å². The van der Waals surface area contributed by atoms with E-state index in [-0.39, 0.29) is 16.4 Å². The van der Waals surface area contributed by atoms with Gasteiger partial charge in [-0.3, -0.25) is 0 Å². The van der Waals surface area contributed by atoms with Gasteiger partial charge in [-0.05, 0) is 31.5 Å². The van der Waals surface area contributed by atoms with Crippen LogP contribution in [0.25, 0.3) is 0 Å². The summed E-state index contributed by atoms with van der Waals surface area (Å²) in [5.41, 5.74) is 1.89. The smallest absolute Gasteiger partial charge is 0.423 e. The molecule has 9 heteroatoms. The maximum absolute atomic E-state index is 14.1. The minimum atomic E-state index is -0.550. The van der Waals surface area contributed by atoms with Gasteiger partial charge >= 0.3 is 12.0 Å². The molecule has 4 rings (SSSR count). The van der Waals surface area contributed by atoms with E-state index in [9.17, 15) is 9.59 Å². The van der Waals surface area contributed by atoms with Gasteiger partial charge in [0.05, 0.1) is 29.9 Å². The molecule has 2 amide bonds. The second kappa shape index (κ2) is 7.72. The first-order valence-corrected chi connectivity index (χ1v) is 10.5. The van der Waals surface area contributed by atoms with Gasteiger partial charge in [0.15, 0.2) is 0 Å². The molecule has 158 valence electrons. The van der Waals surface area contributed by atoms with Crippen LogP contribution < -0.4 is 5.32 Å². The molecule has 1 aromatic carbocycles. The quantitative estimate of drug-likeness (QED) is 0.668. The van der Waals surface area contributed by atoms with Crippen LogP contribution in [0.2, 0.25) is 10.0 Å². The number of amides is 2. The monoisotopic (exact) mass is 449 g/mol. The number of halogens is 2. The number of ether oxygens (including phenoxy) is 1. The maximum Gasteiger partial charge on any atom is 0.523 e. The molecule has 0 spiro atoms. The summed E-state index contributed by atoms with van der Waals surface area (Å²) >= 11 is 12.4. The number of hydrogen-bond donors (Lipinski definition) is 1. The van der Waals surface area contributed by atoms with E-state index >= 15 is 0 Å². The van der Waals surface area contributed by atoms with Crippen LogP contribution >= 0.6 is 23.2 Å². The summed E-state index contributed by atoms with van der Waals surface area (Å²) in [5.74, 6) is 0.466. The van der Waals surface area contributed by atoms with Crippen LogP contribution in [0.4, 0.5) is 10.6 Å². The highest BCUT2D eigenvalue weighted by molar-refractivity contribution is 6.42. The van der Waals surface area contributed by atoms with E-state index in [1.54, 1.807) is 23.0 Å². The molecule has 1 fully saturated rings. The third-order valence-corrected chi connectivity index (χ3v) is 6.88. The second-order valence-corrected chi connectivity index (χ2v) is 8.57. The zero-order valence-electron chi connectivity index (χ0n) is 17.0. The third kappa shape index (κ3) is 3.04. The molecule has 2 aromatic rings. The lowest BCUT2D eigenvalue weighted by Crippen LogP contribution is -2.60. The highest BCUT2D eigenvalue weighted by Gasteiger charge is 2.56. The zero-order chi connectivity index (χ0) is 21.6. The second-order valence-electron chi connectivity index (χ2n) is 7.76. The summed E-state index contributed by atoms with van der Waals surface area (Å²) in [7, 11) is 1.32. The van der Waals surface area contributed by atoms with E-state index < -0.39 is 12.1 Å². The number of hydrogen-bond acceptors (Lipinski definition) is 5. The van der Waals surface area contributed by atoms with E-state index in [4.69, 9.17) is 27.9 Å². The minimum Gasteiger partial charge on any atom is -0.423 e. The van der Waals surface area contributed by atoms with Crippen molar-refractivity contribution in [1.29, 1.82) is 0 Å². The number of carbonyl (C=O) groups excluding carboxylic acids is 2. The predicted molar refractivity (Wildman–Crippen MR) is 114 cm³/mol. The first-order valence-electron chi connectivity index (χ1n) is 9.78. The summed E-state index contributed by atoms with van der Waals surface area (Å²) < 4.78 is 6.46. The van der Waals surface area contributed by atoms with Gasteiger partial charge in [0.25, 0.3) is 0 Å². The lowest BCUT2D eigenvalue weighted by molar-refractivity contribution is -0.790. The number of rotatable bonds is 2. The molecule has 0 radical (unpaired) electrons. The van der Waals surface area contributed by atoms with Gasteiger partial charge in [0.1, 0.15) is 23.5 Å². The minimum absolute atomic E-state index is 0.182. The highest BCUT2D eigenvalue weighted by Crippen LogP contribution is 2.41. The number of quaternary nitrogens is 1. The van der Waals surface area contributed by atoms with Crippen molar-refractivity contribution in [3.8, 4) is 0 Å². The molecule has 2 aliphatic heterocycles. The zero-order valence-corrected chi connectivity index (χ0v) is 18.5. The maximum atomic E-state index is 14.1. The lowest BCUT2D eigenvalue weighted by Gasteiger charge is -2.36. The predicted octanol–water partition coefficient (Wildman–Crippen LogP) is 4.77. The molecule has 30 heavy (non-hydrogen) atoms. The summed E-state index contributed by atoms with van der Waals surface area (Å²) in [4.78, 5) is 27.0. The molecule has 3 atom stereocenters. The number of nitrogens with zero attached hydrogens (tertiary/aromatic N) is 3. The van der Waals surface area contributed by atoms with E-state index in [0.29, 0.717) is 27.9 Å². The number of allylic oxidation sites excluding steroid dienone is 1. The third-order valence-electron chi connectivity index (χ3n) is 6.15. The fourth-order valence-corrected chi connectivity index (χ4v) is 4.89. The van der Waals surface area contributed by atoms with Gasteiger partial charge < -0.3 is 10.1 Å². The van der Waals surface area contributed by atoms with Crippen LogP contribution in [0.3, 0.4) is 0 Å². The highest BCUT2D eigenvalue weighted by atomic mass is 35.5. The molecule has 7 nitrogen and oxygen atoms in total. The number of benzene rings is 1. The fourth-order valence-electron chi connectivity index (χ4n) is 4.58. The van der Waals surface area contributed by atoms with E-state index in [1.165, 1.54) is 7.11 Å². The summed E-state index contributed by atoms with van der Waals surface area (Å²) in [6, 6.07) is 6.36. The summed E-state index contributed by atoms with van der Waals surface area (Å²) in [5, 5.41) is 8.49. The molecular weight excluding hydrogens is 427 g/mol. The molecule has 0 aliphatic carbocycles. The Labute approximate surface area is 184 Å². The Balaban J connectivity index is 1.90. The van der Waals surface area contributed by atoms with E-state index in [1.807, 2.05) is 26.0 Å². The van der Waals surface area contributed by atoms with Crippen molar-refractivity contribution < 1.29 is 18.8 Å². The average Bonchev–Trinajstić information content (AvgIpc) is 3.34. The van der Waals surface area contributed by atoms with Crippen LogP contribution in [0, 0.1) is 0 Å². The van der Waals surface area contributed by atoms with Gasteiger partial charge in [-0.1, -0.05) is 29.3 Å². The molecule has 1 aromatic heterocycles. The van der Waals surface area contributed by atoms with Crippen molar-refractivity contribution in [1.82, 2.24) is 9.78 Å². The standard InChI is InChI=1S/C21H22Cl2N4O3/c1-12-5-4-10-27(12,21(29)30-3)20(28)18-13(2)25-17-8-9-24-26(17)19(18)14-6-7-15(22)16(23)11-14/h6-9,11-12,19H,4-5,10H2,1-3H3/p+1/t12-,19?,27?/m1/s1. The number of likely N-dealkylation sites (tertiary alicyclic amines) is 1. The Hall–Kier alpha value is -2.35. The number of methoxy groups -OCH3 is 1. The first kappa shape index (κ1) is 20.9. The largest absolute Gasteiger partial charge is 0.523 e. The first-order chi connectivity index (χ1) is 14.3. The Morgan fingerprint density at radius 3 is 2.67 bits per heavy atom. The van der Waals surface area contributed by atoms with E-state index in [0.717, 1.165) is 24.2 Å². The molecular formula is C21H23Cl2N4O3+. The SMILES string of the molecule is COC(=O)[N+]1(C(=O)C2=C(C)Nc3ccnn3C2c2ccc(Cl)c(Cl)c2)CCC[C@H]1C. The van der Waals surface area contributed by atoms with Crippen LogP contribution in [0.5, 0.6) is 0 Å². The topological polar surface area (TPSA) is 73.2 Å². The fraction of sp³-hybridized carbons (Fsp3) is 0.381. The van der Waals surface area contributed by atoms with Gasteiger partial charge in [-0.15, -0.1) is 0 Å². The van der Waals surface area contributed by atoms with Gasteiger partial charge in [0.2, 0.25) is 0 Å². The lowest BCUT2D eigenvalue weighted by atomic mass is 9.93. The summed E-state index contributed by atoms with van der Waals surface area (Å²) in [6.07, 6.45) is 2.66. The van der Waals surface area contributed by atoms with Crippen molar-refractivity contribution in [2.24, 2.45) is 0 Å². The van der Waals surface area contributed by atoms with Crippen LogP contribution in [0.1, 0.15) is 38.3 Å². The Morgan fingerprint density at radius 1 is 1.27 bits per heavy atom. The summed E-state index contributed by atoms with van der Waals surface area (Å²) in [6.45, 7) is 4.16. The molecule has 3 heterocycles. The molecule has 1 saturated heterocycles. The van der Waals surface area contributed by atoms with Crippen molar-refractivity contribution in [2.45, 2.75) is 38.8 Å². The molecule has 0 saturated carbocycles. The van der Waals surface area contributed by atoms with Gasteiger partial charge in [0, 0.05) is 24.6 Å². The van der Waals surface area contributed by atoms with Crippen molar-refractivity contribution in [3.05, 3.63) is 57.3 Å². The van der Waals surface area contributed by atoms with Crippen LogP contribution in [-0.4, -0.2) is 46.0 Å². The van der Waals surface area contributed by atoms with E-state index in [2.05, 4.69) is 10.4 Å². The number of fused-ring (bicyclic) bond motifs is 1.